The van der Waals surface area contributed by atoms with Gasteiger partial charge in [0.1, 0.15) is 11.6 Å². The molecular formula is C16H22FNO2. The van der Waals surface area contributed by atoms with Gasteiger partial charge in [0.05, 0.1) is 19.2 Å². The fourth-order valence-electron chi connectivity index (χ4n) is 2.36. The van der Waals surface area contributed by atoms with Gasteiger partial charge in [-0.15, -0.1) is 0 Å². The van der Waals surface area contributed by atoms with Crippen molar-refractivity contribution in [3.8, 4) is 5.75 Å². The smallest absolute Gasteiger partial charge is 0.180 e. The van der Waals surface area contributed by atoms with Crippen LogP contribution in [0.1, 0.15) is 43.0 Å². The van der Waals surface area contributed by atoms with Crippen LogP contribution in [0.25, 0.3) is 0 Å². The van der Waals surface area contributed by atoms with Crippen LogP contribution in [0, 0.1) is 5.82 Å². The van der Waals surface area contributed by atoms with Crippen molar-refractivity contribution in [3.05, 3.63) is 29.6 Å². The molecule has 1 aliphatic carbocycles. The molecule has 0 N–H and O–H groups in total. The molecule has 0 radical (unpaired) electrons. The third-order valence-electron chi connectivity index (χ3n) is 3.67. The molecule has 0 bridgehead atoms. The van der Waals surface area contributed by atoms with Gasteiger partial charge >= 0.3 is 0 Å². The minimum Gasteiger partial charge on any atom is -0.496 e. The van der Waals surface area contributed by atoms with E-state index < -0.39 is 5.82 Å². The molecule has 0 aliphatic heterocycles. The fourth-order valence-corrected chi connectivity index (χ4v) is 2.36. The molecule has 1 saturated carbocycles. The Morgan fingerprint density at radius 1 is 1.45 bits per heavy atom. The van der Waals surface area contributed by atoms with E-state index in [1.54, 1.807) is 0 Å². The first-order valence-electron chi connectivity index (χ1n) is 7.26. The van der Waals surface area contributed by atoms with E-state index in [2.05, 4.69) is 11.8 Å². The summed E-state index contributed by atoms with van der Waals surface area (Å²) in [6.45, 7) is 3.43. The topological polar surface area (TPSA) is 29.5 Å². The number of unbranched alkanes of at least 4 members (excludes halogenated alkanes) is 1. The molecule has 1 aliphatic rings. The summed E-state index contributed by atoms with van der Waals surface area (Å²) >= 11 is 0. The average molecular weight is 279 g/mol. The standard InChI is InChI=1S/C16H22FNO2/c1-3-4-9-18(13-6-7-13)11-15(19)14-10-12(17)5-8-16(14)20-2/h5,8,10,13H,3-4,6-7,9,11H2,1-2H3. The van der Waals surface area contributed by atoms with E-state index in [-0.39, 0.29) is 5.78 Å². The number of carbonyl (C=O) groups excluding carboxylic acids is 1. The maximum atomic E-state index is 13.3. The summed E-state index contributed by atoms with van der Waals surface area (Å²) < 4.78 is 18.5. The van der Waals surface area contributed by atoms with E-state index in [9.17, 15) is 9.18 Å². The van der Waals surface area contributed by atoms with E-state index in [1.165, 1.54) is 25.3 Å². The number of hydrogen-bond acceptors (Lipinski definition) is 3. The maximum Gasteiger partial charge on any atom is 0.180 e. The lowest BCUT2D eigenvalue weighted by molar-refractivity contribution is 0.0920. The van der Waals surface area contributed by atoms with Gasteiger partial charge in [0, 0.05) is 6.04 Å². The van der Waals surface area contributed by atoms with E-state index >= 15 is 0 Å². The Labute approximate surface area is 119 Å². The molecule has 20 heavy (non-hydrogen) atoms. The molecule has 2 rings (SSSR count). The van der Waals surface area contributed by atoms with Crippen molar-refractivity contribution >= 4 is 5.78 Å². The highest BCUT2D eigenvalue weighted by atomic mass is 19.1. The van der Waals surface area contributed by atoms with Gasteiger partial charge < -0.3 is 4.74 Å². The van der Waals surface area contributed by atoms with Crippen LogP contribution in [-0.4, -0.2) is 36.9 Å². The van der Waals surface area contributed by atoms with Gasteiger partial charge in [-0.1, -0.05) is 13.3 Å². The summed E-state index contributed by atoms with van der Waals surface area (Å²) in [6.07, 6.45) is 4.53. The van der Waals surface area contributed by atoms with Gasteiger partial charge in [0.2, 0.25) is 0 Å². The van der Waals surface area contributed by atoms with Crippen LogP contribution in [0.3, 0.4) is 0 Å². The normalized spacial score (nSPS) is 14.6. The quantitative estimate of drug-likeness (QED) is 0.684. The minimum absolute atomic E-state index is 0.0654. The van der Waals surface area contributed by atoms with Crippen LogP contribution < -0.4 is 4.74 Å². The summed E-state index contributed by atoms with van der Waals surface area (Å²) in [6, 6.07) is 4.62. The molecule has 0 heterocycles. The zero-order valence-corrected chi connectivity index (χ0v) is 12.2. The molecule has 0 spiro atoms. The highest BCUT2D eigenvalue weighted by molar-refractivity contribution is 6.00. The van der Waals surface area contributed by atoms with E-state index in [4.69, 9.17) is 4.74 Å². The Morgan fingerprint density at radius 2 is 2.20 bits per heavy atom. The van der Waals surface area contributed by atoms with Gasteiger partial charge in [0.15, 0.2) is 5.78 Å². The number of ether oxygens (including phenoxy) is 1. The van der Waals surface area contributed by atoms with Crippen molar-refractivity contribution in [1.29, 1.82) is 0 Å². The summed E-state index contributed by atoms with van der Waals surface area (Å²) in [7, 11) is 1.50. The fraction of sp³-hybridized carbons (Fsp3) is 0.562. The van der Waals surface area contributed by atoms with Gasteiger partial charge in [0.25, 0.3) is 0 Å². The number of hydrogen-bond donors (Lipinski definition) is 0. The zero-order valence-electron chi connectivity index (χ0n) is 12.2. The van der Waals surface area contributed by atoms with Crippen molar-refractivity contribution in [3.63, 3.8) is 0 Å². The molecule has 0 saturated heterocycles. The Morgan fingerprint density at radius 3 is 2.80 bits per heavy atom. The summed E-state index contributed by atoms with van der Waals surface area (Å²) in [5, 5.41) is 0. The Hall–Kier alpha value is -1.42. The molecule has 0 unspecified atom stereocenters. The predicted octanol–water partition coefficient (Wildman–Crippen LogP) is 3.28. The average Bonchev–Trinajstić information content (AvgIpc) is 3.27. The number of rotatable bonds is 8. The number of halogens is 1. The molecule has 0 atom stereocenters. The first-order valence-corrected chi connectivity index (χ1v) is 7.26. The first-order chi connectivity index (χ1) is 9.65. The lowest BCUT2D eigenvalue weighted by Crippen LogP contribution is -2.33. The molecular weight excluding hydrogens is 257 g/mol. The van der Waals surface area contributed by atoms with Gasteiger partial charge in [-0.2, -0.15) is 0 Å². The van der Waals surface area contributed by atoms with E-state index in [0.29, 0.717) is 23.9 Å². The summed E-state index contributed by atoms with van der Waals surface area (Å²) in [4.78, 5) is 14.6. The number of nitrogens with zero attached hydrogens (tertiary/aromatic N) is 1. The van der Waals surface area contributed by atoms with Crippen molar-refractivity contribution in [2.45, 2.75) is 38.6 Å². The van der Waals surface area contributed by atoms with E-state index in [1.807, 2.05) is 0 Å². The second-order valence-corrected chi connectivity index (χ2v) is 5.32. The molecule has 0 amide bonds. The number of carbonyl (C=O) groups is 1. The Bertz CT molecular complexity index is 472. The number of Topliss-reactive ketones (excluding diaryl/α,β-unsaturated/α-hetero) is 1. The van der Waals surface area contributed by atoms with Crippen LogP contribution in [0.2, 0.25) is 0 Å². The zero-order chi connectivity index (χ0) is 14.5. The van der Waals surface area contributed by atoms with E-state index in [0.717, 1.165) is 32.2 Å². The highest BCUT2D eigenvalue weighted by Gasteiger charge is 2.30. The van der Waals surface area contributed by atoms with Crippen molar-refractivity contribution in [2.24, 2.45) is 0 Å². The Kier molecular flexibility index (Phi) is 5.12. The van der Waals surface area contributed by atoms with Gasteiger partial charge in [-0.3, -0.25) is 9.69 Å². The van der Waals surface area contributed by atoms with Crippen LogP contribution in [0.5, 0.6) is 5.75 Å². The van der Waals surface area contributed by atoms with Crippen molar-refractivity contribution < 1.29 is 13.9 Å². The first kappa shape index (κ1) is 15.0. The third kappa shape index (κ3) is 3.79. The SMILES string of the molecule is CCCCN(CC(=O)c1cc(F)ccc1OC)C1CC1. The monoisotopic (exact) mass is 279 g/mol. The lowest BCUT2D eigenvalue weighted by Gasteiger charge is -2.21. The van der Waals surface area contributed by atoms with Crippen LogP contribution in [0.4, 0.5) is 4.39 Å². The summed E-state index contributed by atoms with van der Waals surface area (Å²) in [5.74, 6) is -0.0207. The molecule has 1 fully saturated rings. The molecule has 1 aromatic carbocycles. The van der Waals surface area contributed by atoms with Crippen molar-refractivity contribution in [1.82, 2.24) is 4.90 Å². The summed E-state index contributed by atoms with van der Waals surface area (Å²) in [5.41, 5.74) is 0.342. The predicted molar refractivity (Wildman–Crippen MR) is 76.8 cm³/mol. The van der Waals surface area contributed by atoms with Crippen LogP contribution in [-0.2, 0) is 0 Å². The molecule has 110 valence electrons. The molecule has 4 heteroatoms. The molecule has 1 aromatic rings. The highest BCUT2D eigenvalue weighted by Crippen LogP contribution is 2.28. The second-order valence-electron chi connectivity index (χ2n) is 5.32. The van der Waals surface area contributed by atoms with Crippen LogP contribution in [0.15, 0.2) is 18.2 Å². The minimum atomic E-state index is -0.402. The number of methoxy groups -OCH3 is 1. The number of ketones is 1. The molecule has 3 nitrogen and oxygen atoms in total. The largest absolute Gasteiger partial charge is 0.496 e. The number of benzene rings is 1. The molecule has 0 aromatic heterocycles. The lowest BCUT2D eigenvalue weighted by atomic mass is 10.1. The van der Waals surface area contributed by atoms with Gasteiger partial charge in [-0.05, 0) is 44.0 Å². The Balaban J connectivity index is 2.07. The maximum absolute atomic E-state index is 13.3. The van der Waals surface area contributed by atoms with Crippen LogP contribution >= 0.6 is 0 Å². The second kappa shape index (κ2) is 6.84. The van der Waals surface area contributed by atoms with Gasteiger partial charge in [-0.25, -0.2) is 4.39 Å². The third-order valence-corrected chi connectivity index (χ3v) is 3.67. The van der Waals surface area contributed by atoms with Crippen molar-refractivity contribution in [2.75, 3.05) is 20.2 Å².